The minimum Gasteiger partial charge on any atom is -0.342 e. The Kier molecular flexibility index (Phi) is 5.75. The van der Waals surface area contributed by atoms with Gasteiger partial charge in [0.05, 0.1) is 0 Å². The van der Waals surface area contributed by atoms with Gasteiger partial charge in [0.1, 0.15) is 0 Å². The summed E-state index contributed by atoms with van der Waals surface area (Å²) in [5, 5.41) is 7.07. The summed E-state index contributed by atoms with van der Waals surface area (Å²) in [6.07, 6.45) is 4.63. The van der Waals surface area contributed by atoms with Crippen LogP contribution >= 0.6 is 11.8 Å². The molecule has 4 nitrogen and oxygen atoms in total. The highest BCUT2D eigenvalue weighted by molar-refractivity contribution is 7.98. The van der Waals surface area contributed by atoms with Crippen LogP contribution in [-0.2, 0) is 10.5 Å². The lowest BCUT2D eigenvalue weighted by molar-refractivity contribution is -0.131. The van der Waals surface area contributed by atoms with E-state index in [1.807, 2.05) is 28.8 Å². The number of benzene rings is 1. The Morgan fingerprint density at radius 3 is 2.96 bits per heavy atom. The number of amides is 1. The van der Waals surface area contributed by atoms with E-state index in [1.165, 1.54) is 5.56 Å². The largest absolute Gasteiger partial charge is 0.342 e. The van der Waals surface area contributed by atoms with Crippen LogP contribution in [0, 0.1) is 0 Å². The van der Waals surface area contributed by atoms with Crippen molar-refractivity contribution in [3.63, 3.8) is 0 Å². The number of nitrogens with one attached hydrogen (secondary N) is 1. The lowest BCUT2D eigenvalue weighted by atomic mass is 9.95. The third-order valence-electron chi connectivity index (χ3n) is 4.31. The van der Waals surface area contributed by atoms with Crippen LogP contribution in [-0.4, -0.2) is 39.8 Å². The van der Waals surface area contributed by atoms with Gasteiger partial charge in [-0.25, -0.2) is 0 Å². The zero-order chi connectivity index (χ0) is 15.9. The number of piperidine rings is 1. The fraction of sp³-hybridized carbons (Fsp3) is 0.444. The van der Waals surface area contributed by atoms with Crippen LogP contribution in [0.1, 0.15) is 36.4 Å². The van der Waals surface area contributed by atoms with Gasteiger partial charge in [0.2, 0.25) is 5.91 Å². The van der Waals surface area contributed by atoms with Gasteiger partial charge in [-0.3, -0.25) is 9.89 Å². The molecule has 1 saturated heterocycles. The lowest BCUT2D eigenvalue weighted by Crippen LogP contribution is -2.39. The van der Waals surface area contributed by atoms with E-state index in [-0.39, 0.29) is 5.91 Å². The molecule has 1 aromatic heterocycles. The number of carbonyl (C=O) groups is 1. The third-order valence-corrected chi connectivity index (χ3v) is 5.34. The van der Waals surface area contributed by atoms with Crippen molar-refractivity contribution in [2.75, 3.05) is 18.8 Å². The first-order valence-electron chi connectivity index (χ1n) is 8.21. The molecule has 1 aliphatic heterocycles. The van der Waals surface area contributed by atoms with Crippen molar-refractivity contribution in [3.8, 4) is 0 Å². The summed E-state index contributed by atoms with van der Waals surface area (Å²) < 4.78 is 0. The normalized spacial score (nSPS) is 18.1. The Hall–Kier alpha value is -1.75. The predicted octanol–water partition coefficient (Wildman–Crippen LogP) is 3.44. The maximum atomic E-state index is 12.4. The number of rotatable bonds is 6. The highest BCUT2D eigenvalue weighted by Gasteiger charge is 2.25. The zero-order valence-corrected chi connectivity index (χ0v) is 14.1. The summed E-state index contributed by atoms with van der Waals surface area (Å²) >= 11 is 1.83. The number of carbonyl (C=O) groups excluding carboxylic acids is 1. The van der Waals surface area contributed by atoms with Crippen molar-refractivity contribution in [1.82, 2.24) is 15.1 Å². The van der Waals surface area contributed by atoms with Crippen LogP contribution in [0.15, 0.2) is 42.6 Å². The van der Waals surface area contributed by atoms with E-state index in [1.54, 1.807) is 6.20 Å². The number of aromatic amines is 1. The van der Waals surface area contributed by atoms with Gasteiger partial charge in [-0.1, -0.05) is 30.3 Å². The molecular formula is C18H23N3OS. The standard InChI is InChI=1S/C18H23N3OS/c22-18(9-12-23-14-15-5-2-1-3-6-15)21-11-4-7-16(13-21)17-8-10-19-20-17/h1-3,5-6,8,10,16H,4,7,9,11-14H2,(H,19,20). The van der Waals surface area contributed by atoms with Crippen LogP contribution in [0.5, 0.6) is 0 Å². The molecule has 1 aliphatic rings. The molecule has 1 amide bonds. The van der Waals surface area contributed by atoms with Crippen molar-refractivity contribution < 1.29 is 4.79 Å². The molecule has 5 heteroatoms. The molecule has 122 valence electrons. The number of aromatic nitrogens is 2. The van der Waals surface area contributed by atoms with Crippen LogP contribution in [0.4, 0.5) is 0 Å². The van der Waals surface area contributed by atoms with Gasteiger partial charge in [-0.05, 0) is 24.5 Å². The maximum Gasteiger partial charge on any atom is 0.223 e. The van der Waals surface area contributed by atoms with Crippen LogP contribution in [0.2, 0.25) is 0 Å². The molecule has 1 aromatic carbocycles. The second-order valence-electron chi connectivity index (χ2n) is 5.98. The average Bonchev–Trinajstić information content (AvgIpc) is 3.14. The minimum absolute atomic E-state index is 0.287. The van der Waals surface area contributed by atoms with Gasteiger partial charge >= 0.3 is 0 Å². The van der Waals surface area contributed by atoms with E-state index in [2.05, 4.69) is 34.5 Å². The lowest BCUT2D eigenvalue weighted by Gasteiger charge is -2.32. The molecule has 0 spiro atoms. The molecule has 0 radical (unpaired) electrons. The SMILES string of the molecule is O=C(CCSCc1ccccc1)N1CCCC(c2ccn[nH]2)C1. The van der Waals surface area contributed by atoms with Crippen molar-refractivity contribution in [2.45, 2.75) is 30.9 Å². The van der Waals surface area contributed by atoms with Crippen molar-refractivity contribution in [2.24, 2.45) is 0 Å². The fourth-order valence-corrected chi connectivity index (χ4v) is 3.92. The summed E-state index contributed by atoms with van der Waals surface area (Å²) in [6.45, 7) is 1.72. The Morgan fingerprint density at radius 2 is 2.17 bits per heavy atom. The topological polar surface area (TPSA) is 49.0 Å². The summed E-state index contributed by atoms with van der Waals surface area (Å²) in [5.41, 5.74) is 2.48. The highest BCUT2D eigenvalue weighted by Crippen LogP contribution is 2.25. The number of hydrogen-bond acceptors (Lipinski definition) is 3. The number of hydrogen-bond donors (Lipinski definition) is 1. The molecule has 0 aliphatic carbocycles. The van der Waals surface area contributed by atoms with E-state index < -0.39 is 0 Å². The molecular weight excluding hydrogens is 306 g/mol. The molecule has 1 unspecified atom stereocenters. The van der Waals surface area contributed by atoms with Gasteiger partial charge in [0.15, 0.2) is 0 Å². The summed E-state index contributed by atoms with van der Waals surface area (Å²) in [4.78, 5) is 14.4. The summed E-state index contributed by atoms with van der Waals surface area (Å²) in [5.74, 6) is 2.56. The van der Waals surface area contributed by atoms with E-state index in [9.17, 15) is 4.79 Å². The van der Waals surface area contributed by atoms with Crippen LogP contribution in [0.3, 0.4) is 0 Å². The molecule has 0 saturated carbocycles. The Balaban J connectivity index is 1.41. The Morgan fingerprint density at radius 1 is 1.30 bits per heavy atom. The van der Waals surface area contributed by atoms with Gasteiger partial charge in [0, 0.05) is 48.8 Å². The summed E-state index contributed by atoms with van der Waals surface area (Å²) in [7, 11) is 0. The monoisotopic (exact) mass is 329 g/mol. The van der Waals surface area contributed by atoms with E-state index in [0.29, 0.717) is 12.3 Å². The van der Waals surface area contributed by atoms with Gasteiger partial charge in [-0.2, -0.15) is 16.9 Å². The maximum absolute atomic E-state index is 12.4. The minimum atomic E-state index is 0.287. The number of nitrogens with zero attached hydrogens (tertiary/aromatic N) is 2. The van der Waals surface area contributed by atoms with E-state index >= 15 is 0 Å². The third kappa shape index (κ3) is 4.61. The van der Waals surface area contributed by atoms with Crippen molar-refractivity contribution >= 4 is 17.7 Å². The number of thioether (sulfide) groups is 1. The van der Waals surface area contributed by atoms with Crippen LogP contribution in [0.25, 0.3) is 0 Å². The smallest absolute Gasteiger partial charge is 0.223 e. The van der Waals surface area contributed by atoms with E-state index in [4.69, 9.17) is 0 Å². The highest BCUT2D eigenvalue weighted by atomic mass is 32.2. The predicted molar refractivity (Wildman–Crippen MR) is 94.4 cm³/mol. The molecule has 1 N–H and O–H groups in total. The van der Waals surface area contributed by atoms with Gasteiger partial charge in [0.25, 0.3) is 0 Å². The molecule has 23 heavy (non-hydrogen) atoms. The van der Waals surface area contributed by atoms with Gasteiger partial charge < -0.3 is 4.90 Å². The Bertz CT molecular complexity index is 600. The first-order valence-corrected chi connectivity index (χ1v) is 9.37. The second-order valence-corrected chi connectivity index (χ2v) is 7.08. The molecule has 1 atom stereocenters. The first kappa shape index (κ1) is 16.1. The number of H-pyrrole nitrogens is 1. The number of likely N-dealkylation sites (tertiary alicyclic amines) is 1. The molecule has 3 rings (SSSR count). The van der Waals surface area contributed by atoms with E-state index in [0.717, 1.165) is 43.1 Å². The molecule has 2 heterocycles. The molecule has 0 bridgehead atoms. The summed E-state index contributed by atoms with van der Waals surface area (Å²) in [6, 6.07) is 12.4. The quantitative estimate of drug-likeness (QED) is 0.826. The Labute approximate surface area is 141 Å². The molecule has 2 aromatic rings. The van der Waals surface area contributed by atoms with Crippen LogP contribution < -0.4 is 0 Å². The zero-order valence-electron chi connectivity index (χ0n) is 13.3. The average molecular weight is 329 g/mol. The van der Waals surface area contributed by atoms with Gasteiger partial charge in [-0.15, -0.1) is 0 Å². The second kappa shape index (κ2) is 8.20. The molecule has 1 fully saturated rings. The van der Waals surface area contributed by atoms with Crippen molar-refractivity contribution in [3.05, 3.63) is 53.9 Å². The fourth-order valence-electron chi connectivity index (χ4n) is 3.03. The van der Waals surface area contributed by atoms with Crippen molar-refractivity contribution in [1.29, 1.82) is 0 Å². The first-order chi connectivity index (χ1) is 11.3.